The molecule has 10 nitrogen and oxygen atoms in total. The molecule has 2 unspecified atom stereocenters. The number of aliphatic carboxylic acids is 2. The molecule has 0 radical (unpaired) electrons. The number of oxime groups is 1. The van der Waals surface area contributed by atoms with Crippen LogP contribution in [0.1, 0.15) is 5.76 Å². The molecule has 0 bridgehead atoms. The molecule has 2 aliphatic rings. The number of furan rings is 1. The number of carboxylic acids is 2. The number of hydrogen-bond acceptors (Lipinski definition) is 9. The van der Waals surface area contributed by atoms with Gasteiger partial charge < -0.3 is 29.5 Å². The average molecular weight is 381 g/mol. The highest BCUT2D eigenvalue weighted by Gasteiger charge is 2.49. The van der Waals surface area contributed by atoms with Crippen molar-refractivity contribution < 1.29 is 34.2 Å². The number of carbonyl (C=O) groups is 2. The van der Waals surface area contributed by atoms with E-state index in [9.17, 15) is 24.9 Å². The molecule has 3 rings (SSSR count). The molecule has 3 N–H and O–H groups in total. The van der Waals surface area contributed by atoms with Crippen LogP contribution in [0.5, 0.6) is 0 Å². The molecule has 2 atom stereocenters. The molecule has 0 saturated heterocycles. The Bertz CT molecular complexity index is 815. The molecule has 0 fully saturated rings. The first-order chi connectivity index (χ1) is 12.5. The summed E-state index contributed by atoms with van der Waals surface area (Å²) in [5, 5.41) is 31.7. The molecule has 26 heavy (non-hydrogen) atoms. The molecular formula is C15H15N3O7S. The normalized spacial score (nSPS) is 22.9. The average Bonchev–Trinajstić information content (AvgIpc) is 3.26. The Balaban J connectivity index is 2.18. The van der Waals surface area contributed by atoms with E-state index in [0.717, 1.165) is 0 Å². The van der Waals surface area contributed by atoms with E-state index in [1.54, 1.807) is 12.1 Å². The fourth-order valence-corrected chi connectivity index (χ4v) is 4.08. The summed E-state index contributed by atoms with van der Waals surface area (Å²) in [7, 11) is 1.29. The second kappa shape index (κ2) is 7.22. The van der Waals surface area contributed by atoms with Crippen molar-refractivity contribution in [3.63, 3.8) is 0 Å². The fraction of sp³-hybridized carbons (Fsp3) is 0.333. The summed E-state index contributed by atoms with van der Waals surface area (Å²) in [5.74, 6) is -2.08. The lowest BCUT2D eigenvalue weighted by Gasteiger charge is -2.34. The molecule has 1 aromatic rings. The van der Waals surface area contributed by atoms with Crippen molar-refractivity contribution >= 4 is 35.2 Å². The van der Waals surface area contributed by atoms with Crippen LogP contribution in [0.3, 0.4) is 0 Å². The fourth-order valence-electron chi connectivity index (χ4n) is 2.77. The van der Waals surface area contributed by atoms with Crippen molar-refractivity contribution in [3.05, 3.63) is 35.4 Å². The van der Waals surface area contributed by atoms with Crippen LogP contribution in [0, 0.1) is 0 Å². The van der Waals surface area contributed by atoms with Crippen molar-refractivity contribution in [1.82, 2.24) is 4.90 Å². The van der Waals surface area contributed by atoms with Gasteiger partial charge in [0.05, 0.1) is 12.9 Å². The molecule has 1 aromatic heterocycles. The first-order valence-electron chi connectivity index (χ1n) is 7.42. The third-order valence-electron chi connectivity index (χ3n) is 3.81. The third-order valence-corrected chi connectivity index (χ3v) is 5.14. The topological polar surface area (TPSA) is 145 Å². The van der Waals surface area contributed by atoms with Gasteiger partial charge in [0.2, 0.25) is 0 Å². The first-order valence-corrected chi connectivity index (χ1v) is 8.47. The molecule has 11 heteroatoms. The lowest BCUT2D eigenvalue weighted by molar-refractivity contribution is -0.139. The lowest BCUT2D eigenvalue weighted by Crippen LogP contribution is -2.47. The molecule has 2 aliphatic heterocycles. The SMILES string of the molecule is CO/N=C(\C1=NC(C(=O)O)C2SCC(CO)=C(C(=O)O)N12)c1ccco1. The van der Waals surface area contributed by atoms with Gasteiger partial charge in [-0.25, -0.2) is 14.6 Å². The van der Waals surface area contributed by atoms with Crippen molar-refractivity contribution in [2.75, 3.05) is 19.5 Å². The third kappa shape index (κ3) is 2.95. The maximum atomic E-state index is 11.8. The van der Waals surface area contributed by atoms with E-state index >= 15 is 0 Å². The molecule has 0 saturated carbocycles. The van der Waals surface area contributed by atoms with Crippen molar-refractivity contribution in [1.29, 1.82) is 0 Å². The van der Waals surface area contributed by atoms with Gasteiger partial charge in [0.25, 0.3) is 0 Å². The zero-order valence-electron chi connectivity index (χ0n) is 13.5. The molecule has 0 amide bonds. The molecule has 0 spiro atoms. The maximum absolute atomic E-state index is 11.8. The van der Waals surface area contributed by atoms with Crippen molar-refractivity contribution in [2.45, 2.75) is 11.4 Å². The number of nitrogens with zero attached hydrogens (tertiary/aromatic N) is 3. The minimum atomic E-state index is -1.30. The highest BCUT2D eigenvalue weighted by molar-refractivity contribution is 8.00. The van der Waals surface area contributed by atoms with Gasteiger partial charge in [-0.15, -0.1) is 11.8 Å². The van der Waals surface area contributed by atoms with Gasteiger partial charge >= 0.3 is 11.9 Å². The lowest BCUT2D eigenvalue weighted by atomic mass is 10.1. The number of thioether (sulfide) groups is 1. The Morgan fingerprint density at radius 2 is 2.27 bits per heavy atom. The zero-order chi connectivity index (χ0) is 18.8. The standard InChI is InChI=1S/C15H15N3O7S/c1-24-17-9(8-3-2-4-25-8)12-16-10(14(20)21)13-18(12)11(15(22)23)7(5-19)6-26-13/h2-4,10,13,19H,5-6H2,1H3,(H,20,21)(H,22,23)/b17-9-. The predicted octanol–water partition coefficient (Wildman–Crippen LogP) is 0.201. The van der Waals surface area contributed by atoms with E-state index in [4.69, 9.17) is 9.25 Å². The summed E-state index contributed by atoms with van der Waals surface area (Å²) in [6.07, 6.45) is 1.39. The smallest absolute Gasteiger partial charge is 0.352 e. The molecule has 0 aliphatic carbocycles. The van der Waals surface area contributed by atoms with Gasteiger partial charge in [0.15, 0.2) is 23.3 Å². The second-order valence-corrected chi connectivity index (χ2v) is 6.43. The number of aliphatic hydroxyl groups is 1. The predicted molar refractivity (Wildman–Crippen MR) is 90.9 cm³/mol. The van der Waals surface area contributed by atoms with Crippen molar-refractivity contribution in [2.24, 2.45) is 10.1 Å². The number of amidine groups is 1. The molecule has 138 valence electrons. The van der Waals surface area contributed by atoms with Gasteiger partial charge in [0, 0.05) is 5.75 Å². The van der Waals surface area contributed by atoms with E-state index in [0.29, 0.717) is 0 Å². The monoisotopic (exact) mass is 381 g/mol. The Morgan fingerprint density at radius 3 is 2.81 bits per heavy atom. The molecule has 0 aromatic carbocycles. The van der Waals surface area contributed by atoms with E-state index in [1.807, 2.05) is 0 Å². The molecule has 3 heterocycles. The van der Waals surface area contributed by atoms with Crippen molar-refractivity contribution in [3.8, 4) is 0 Å². The highest BCUT2D eigenvalue weighted by Crippen LogP contribution is 2.38. The number of rotatable bonds is 6. The first kappa shape index (κ1) is 18.0. The van der Waals surface area contributed by atoms with Gasteiger partial charge in [0.1, 0.15) is 18.2 Å². The molecular weight excluding hydrogens is 366 g/mol. The Labute approximate surface area is 151 Å². The van der Waals surface area contributed by atoms with E-state index < -0.39 is 30.0 Å². The summed E-state index contributed by atoms with van der Waals surface area (Å²) >= 11 is 1.18. The van der Waals surface area contributed by atoms with E-state index in [-0.39, 0.29) is 34.3 Å². The minimum Gasteiger partial charge on any atom is -0.480 e. The minimum absolute atomic E-state index is 0.00486. The van der Waals surface area contributed by atoms with Crippen LogP contribution >= 0.6 is 11.8 Å². The summed E-state index contributed by atoms with van der Waals surface area (Å²) in [6, 6.07) is 1.96. The quantitative estimate of drug-likeness (QED) is 0.465. The Kier molecular flexibility index (Phi) is 5.00. The van der Waals surface area contributed by atoms with Crippen LogP contribution in [0.15, 0.2) is 44.2 Å². The Morgan fingerprint density at radius 1 is 1.50 bits per heavy atom. The van der Waals surface area contributed by atoms with Crippen LogP contribution in [0.4, 0.5) is 0 Å². The van der Waals surface area contributed by atoms with Crippen LogP contribution in [-0.4, -0.2) is 74.6 Å². The van der Waals surface area contributed by atoms with Crippen LogP contribution in [0.25, 0.3) is 0 Å². The number of aliphatic imine (C=N–C) groups is 1. The largest absolute Gasteiger partial charge is 0.480 e. The summed E-state index contributed by atoms with van der Waals surface area (Å²) in [4.78, 5) is 33.7. The highest BCUT2D eigenvalue weighted by atomic mass is 32.2. The van der Waals surface area contributed by atoms with E-state index in [1.165, 1.54) is 30.0 Å². The van der Waals surface area contributed by atoms with Gasteiger partial charge in [-0.3, -0.25) is 0 Å². The van der Waals surface area contributed by atoms with Gasteiger partial charge in [-0.05, 0) is 17.7 Å². The number of aliphatic hydroxyl groups excluding tert-OH is 1. The van der Waals surface area contributed by atoms with Crippen LogP contribution in [-0.2, 0) is 14.4 Å². The van der Waals surface area contributed by atoms with E-state index in [2.05, 4.69) is 10.1 Å². The maximum Gasteiger partial charge on any atom is 0.352 e. The van der Waals surface area contributed by atoms with Gasteiger partial charge in [-0.2, -0.15) is 0 Å². The zero-order valence-corrected chi connectivity index (χ0v) is 14.3. The number of carboxylic acid groups (broad SMARTS) is 2. The summed E-state index contributed by atoms with van der Waals surface area (Å²) < 4.78 is 5.30. The second-order valence-electron chi connectivity index (χ2n) is 5.32. The Hall–Kier alpha value is -2.79. The summed E-state index contributed by atoms with van der Waals surface area (Å²) in [6.45, 7) is -0.472. The van der Waals surface area contributed by atoms with Crippen LogP contribution in [0.2, 0.25) is 0 Å². The summed E-state index contributed by atoms with van der Waals surface area (Å²) in [5.41, 5.74) is 0.104. The number of hydrogen-bond donors (Lipinski definition) is 3. The number of fused-ring (bicyclic) bond motifs is 1. The van der Waals surface area contributed by atoms with Gasteiger partial charge in [-0.1, -0.05) is 5.16 Å². The van der Waals surface area contributed by atoms with Crippen LogP contribution < -0.4 is 0 Å².